The molecule has 7 heteroatoms. The maximum atomic E-state index is 12.2. The molecule has 6 nitrogen and oxygen atoms in total. The standard InChI is InChI=1S/C19H17N3O3S/c23-19(21-18-7-4-12-20-13-18)16-10-8-15(9-11-16)14-26(24,25)22-17-5-2-1-3-6-17/h1-13,22H,14H2,(H,21,23). The highest BCUT2D eigenvalue weighted by molar-refractivity contribution is 7.91. The molecule has 0 spiro atoms. The lowest BCUT2D eigenvalue weighted by Gasteiger charge is -2.09. The van der Waals surface area contributed by atoms with Gasteiger partial charge in [0.25, 0.3) is 5.91 Å². The zero-order valence-corrected chi connectivity index (χ0v) is 14.6. The van der Waals surface area contributed by atoms with Crippen LogP contribution in [0, 0.1) is 0 Å². The summed E-state index contributed by atoms with van der Waals surface area (Å²) in [5.41, 5.74) is 2.13. The van der Waals surface area contributed by atoms with Gasteiger partial charge >= 0.3 is 0 Å². The highest BCUT2D eigenvalue weighted by Crippen LogP contribution is 2.14. The first-order chi connectivity index (χ1) is 12.5. The first-order valence-corrected chi connectivity index (χ1v) is 9.53. The molecule has 0 aliphatic carbocycles. The first kappa shape index (κ1) is 17.6. The van der Waals surface area contributed by atoms with Gasteiger partial charge in [0.2, 0.25) is 10.0 Å². The molecule has 0 fully saturated rings. The second-order valence-electron chi connectivity index (χ2n) is 5.62. The number of hydrogen-bond donors (Lipinski definition) is 2. The SMILES string of the molecule is O=C(Nc1cccnc1)c1ccc(CS(=O)(=O)Nc2ccccc2)cc1. The zero-order valence-electron chi connectivity index (χ0n) is 13.8. The van der Waals surface area contributed by atoms with Gasteiger partial charge < -0.3 is 5.32 Å². The molecule has 3 rings (SSSR count). The second-order valence-corrected chi connectivity index (χ2v) is 7.34. The van der Waals surface area contributed by atoms with Crippen LogP contribution in [-0.2, 0) is 15.8 Å². The predicted octanol–water partition coefficient (Wildman–Crippen LogP) is 3.28. The van der Waals surface area contributed by atoms with Gasteiger partial charge in [-0.15, -0.1) is 0 Å². The van der Waals surface area contributed by atoms with Crippen LogP contribution in [0.25, 0.3) is 0 Å². The highest BCUT2D eigenvalue weighted by atomic mass is 32.2. The third kappa shape index (κ3) is 4.90. The van der Waals surface area contributed by atoms with Crippen LogP contribution in [0.5, 0.6) is 0 Å². The molecule has 0 aliphatic rings. The fourth-order valence-corrected chi connectivity index (χ4v) is 3.53. The fraction of sp³-hybridized carbons (Fsp3) is 0.0526. The number of aromatic nitrogens is 1. The second kappa shape index (κ2) is 7.79. The van der Waals surface area contributed by atoms with Crippen molar-refractivity contribution >= 4 is 27.3 Å². The molecule has 26 heavy (non-hydrogen) atoms. The van der Waals surface area contributed by atoms with Gasteiger partial charge in [0.1, 0.15) is 0 Å². The van der Waals surface area contributed by atoms with Crippen molar-refractivity contribution in [2.75, 3.05) is 10.0 Å². The number of carbonyl (C=O) groups is 1. The van der Waals surface area contributed by atoms with Crippen LogP contribution in [0.1, 0.15) is 15.9 Å². The van der Waals surface area contributed by atoms with Crippen LogP contribution in [0.15, 0.2) is 79.1 Å². The van der Waals surface area contributed by atoms with Crippen molar-refractivity contribution in [3.63, 3.8) is 0 Å². The van der Waals surface area contributed by atoms with Crippen LogP contribution >= 0.6 is 0 Å². The molecule has 132 valence electrons. The number of pyridine rings is 1. The van der Waals surface area contributed by atoms with Crippen molar-refractivity contribution in [2.45, 2.75) is 5.75 Å². The highest BCUT2D eigenvalue weighted by Gasteiger charge is 2.13. The molecule has 0 bridgehead atoms. The van der Waals surface area contributed by atoms with Crippen molar-refractivity contribution in [1.29, 1.82) is 0 Å². The topological polar surface area (TPSA) is 88.2 Å². The Hall–Kier alpha value is -3.19. The molecule has 0 saturated carbocycles. The van der Waals surface area contributed by atoms with Gasteiger partial charge in [0.05, 0.1) is 17.6 Å². The Morgan fingerprint density at radius 1 is 0.885 bits per heavy atom. The van der Waals surface area contributed by atoms with E-state index in [0.717, 1.165) is 0 Å². The number of anilines is 2. The number of amides is 1. The van der Waals surface area contributed by atoms with Crippen LogP contribution in [0.3, 0.4) is 0 Å². The van der Waals surface area contributed by atoms with E-state index in [4.69, 9.17) is 0 Å². The van der Waals surface area contributed by atoms with E-state index < -0.39 is 10.0 Å². The third-order valence-corrected chi connectivity index (χ3v) is 4.80. The molecule has 0 aliphatic heterocycles. The first-order valence-electron chi connectivity index (χ1n) is 7.88. The van der Waals surface area contributed by atoms with Crippen LogP contribution in [0.4, 0.5) is 11.4 Å². The zero-order chi connectivity index (χ0) is 18.4. The van der Waals surface area contributed by atoms with E-state index in [1.165, 1.54) is 0 Å². The number of carbonyl (C=O) groups excluding carboxylic acids is 1. The van der Waals surface area contributed by atoms with Crippen LogP contribution in [0.2, 0.25) is 0 Å². The summed E-state index contributed by atoms with van der Waals surface area (Å²) < 4.78 is 27.0. The summed E-state index contributed by atoms with van der Waals surface area (Å²) in [4.78, 5) is 16.1. The van der Waals surface area contributed by atoms with E-state index in [2.05, 4.69) is 15.0 Å². The minimum Gasteiger partial charge on any atom is -0.321 e. The number of benzene rings is 2. The number of nitrogens with one attached hydrogen (secondary N) is 2. The molecular formula is C19H17N3O3S. The summed E-state index contributed by atoms with van der Waals surface area (Å²) in [5.74, 6) is -0.457. The Labute approximate surface area is 152 Å². The normalized spacial score (nSPS) is 10.9. The molecule has 1 heterocycles. The van der Waals surface area contributed by atoms with Crippen molar-refractivity contribution in [3.05, 3.63) is 90.3 Å². The molecular weight excluding hydrogens is 350 g/mol. The number of nitrogens with zero attached hydrogens (tertiary/aromatic N) is 1. The molecule has 0 atom stereocenters. The van der Waals surface area contributed by atoms with Crippen molar-refractivity contribution in [1.82, 2.24) is 4.98 Å². The summed E-state index contributed by atoms with van der Waals surface area (Å²) in [5, 5.41) is 2.73. The van der Waals surface area contributed by atoms with Gasteiger partial charge in [-0.2, -0.15) is 0 Å². The van der Waals surface area contributed by atoms with Gasteiger partial charge in [-0.05, 0) is 42.0 Å². The predicted molar refractivity (Wildman–Crippen MR) is 101 cm³/mol. The molecule has 2 N–H and O–H groups in total. The monoisotopic (exact) mass is 367 g/mol. The van der Waals surface area contributed by atoms with E-state index >= 15 is 0 Å². The lowest BCUT2D eigenvalue weighted by Crippen LogP contribution is -2.15. The summed E-state index contributed by atoms with van der Waals surface area (Å²) >= 11 is 0. The Kier molecular flexibility index (Phi) is 5.28. The van der Waals surface area contributed by atoms with E-state index in [1.54, 1.807) is 73.1 Å². The van der Waals surface area contributed by atoms with Crippen molar-refractivity contribution in [3.8, 4) is 0 Å². The molecule has 0 unspecified atom stereocenters. The number of hydrogen-bond acceptors (Lipinski definition) is 4. The van der Waals surface area contributed by atoms with E-state index in [9.17, 15) is 13.2 Å². The van der Waals surface area contributed by atoms with Gasteiger partial charge in [-0.1, -0.05) is 30.3 Å². The van der Waals surface area contributed by atoms with E-state index in [0.29, 0.717) is 22.5 Å². The average Bonchev–Trinajstić information content (AvgIpc) is 2.63. The van der Waals surface area contributed by atoms with Gasteiger partial charge in [0.15, 0.2) is 0 Å². The summed E-state index contributed by atoms with van der Waals surface area (Å²) in [6.07, 6.45) is 3.17. The lowest BCUT2D eigenvalue weighted by atomic mass is 10.1. The summed E-state index contributed by atoms with van der Waals surface area (Å²) in [6, 6.07) is 18.6. The Morgan fingerprint density at radius 3 is 2.23 bits per heavy atom. The summed E-state index contributed by atoms with van der Waals surface area (Å²) in [6.45, 7) is 0. The quantitative estimate of drug-likeness (QED) is 0.700. The minimum atomic E-state index is -3.53. The van der Waals surface area contributed by atoms with Gasteiger partial charge in [-0.25, -0.2) is 8.42 Å². The van der Waals surface area contributed by atoms with E-state index in [1.807, 2.05) is 6.07 Å². The molecule has 2 aromatic carbocycles. The fourth-order valence-electron chi connectivity index (χ4n) is 2.33. The van der Waals surface area contributed by atoms with Gasteiger partial charge in [-0.3, -0.25) is 14.5 Å². The van der Waals surface area contributed by atoms with E-state index in [-0.39, 0.29) is 11.7 Å². The molecule has 1 aromatic heterocycles. The summed E-state index contributed by atoms with van der Waals surface area (Å²) in [7, 11) is -3.53. The minimum absolute atomic E-state index is 0.174. The molecule has 0 radical (unpaired) electrons. The van der Waals surface area contributed by atoms with Crippen LogP contribution in [-0.4, -0.2) is 19.3 Å². The lowest BCUT2D eigenvalue weighted by molar-refractivity contribution is 0.102. The Balaban J connectivity index is 1.64. The molecule has 3 aromatic rings. The Morgan fingerprint density at radius 2 is 1.58 bits per heavy atom. The smallest absolute Gasteiger partial charge is 0.255 e. The molecule has 0 saturated heterocycles. The van der Waals surface area contributed by atoms with Gasteiger partial charge in [0, 0.05) is 17.4 Å². The molecule has 1 amide bonds. The number of sulfonamides is 1. The maximum Gasteiger partial charge on any atom is 0.255 e. The van der Waals surface area contributed by atoms with Crippen LogP contribution < -0.4 is 10.0 Å². The largest absolute Gasteiger partial charge is 0.321 e. The van der Waals surface area contributed by atoms with Crippen molar-refractivity contribution < 1.29 is 13.2 Å². The number of para-hydroxylation sites is 1. The Bertz CT molecular complexity index is 974. The average molecular weight is 367 g/mol. The van der Waals surface area contributed by atoms with Crippen molar-refractivity contribution in [2.24, 2.45) is 0 Å². The number of rotatable bonds is 6. The maximum absolute atomic E-state index is 12.2. The third-order valence-electron chi connectivity index (χ3n) is 3.54.